The van der Waals surface area contributed by atoms with Gasteiger partial charge in [-0.3, -0.25) is 0 Å². The van der Waals surface area contributed by atoms with E-state index < -0.39 is 0 Å². The minimum Gasteiger partial charge on any atom is -0.309 e. The van der Waals surface area contributed by atoms with E-state index >= 15 is 0 Å². The summed E-state index contributed by atoms with van der Waals surface area (Å²) < 4.78 is 0. The summed E-state index contributed by atoms with van der Waals surface area (Å²) in [4.78, 5) is 2.48. The summed E-state index contributed by atoms with van der Waals surface area (Å²) in [7, 11) is 0. The Morgan fingerprint density at radius 1 is 0.264 bits per heavy atom. The van der Waals surface area contributed by atoms with E-state index in [4.69, 9.17) is 0 Å². The minimum absolute atomic E-state index is 1.11. The monoisotopic (exact) mass is 671 g/mol. The lowest BCUT2D eigenvalue weighted by Gasteiger charge is -2.30. The maximum Gasteiger partial charge on any atom is 0.0546 e. The van der Waals surface area contributed by atoms with Gasteiger partial charge in [-0.2, -0.15) is 0 Å². The van der Waals surface area contributed by atoms with Crippen LogP contribution in [-0.2, 0) is 0 Å². The molecular weight excluding hydrogens is 639 g/mol. The van der Waals surface area contributed by atoms with Crippen molar-refractivity contribution >= 4 is 81.7 Å². The number of para-hydroxylation sites is 1. The van der Waals surface area contributed by atoms with Crippen LogP contribution in [0.15, 0.2) is 200 Å². The van der Waals surface area contributed by atoms with Crippen molar-refractivity contribution in [3.05, 3.63) is 200 Å². The second-order valence-corrected chi connectivity index (χ2v) is 14.0. The van der Waals surface area contributed by atoms with E-state index in [1.165, 1.54) is 86.9 Å². The largest absolute Gasteiger partial charge is 0.309 e. The Bertz CT molecular complexity index is 3140. The van der Waals surface area contributed by atoms with Gasteiger partial charge in [0, 0.05) is 22.0 Å². The molecular formula is C52H33N. The lowest BCUT2D eigenvalue weighted by Crippen LogP contribution is -2.12. The van der Waals surface area contributed by atoms with Crippen LogP contribution in [0.1, 0.15) is 0 Å². The fourth-order valence-corrected chi connectivity index (χ4v) is 8.84. The predicted octanol–water partition coefficient (Wildman–Crippen LogP) is 14.8. The van der Waals surface area contributed by atoms with Crippen molar-refractivity contribution < 1.29 is 0 Å². The molecule has 0 aromatic heterocycles. The van der Waals surface area contributed by atoms with Gasteiger partial charge >= 0.3 is 0 Å². The molecule has 0 aliphatic heterocycles. The third kappa shape index (κ3) is 4.58. The second-order valence-electron chi connectivity index (χ2n) is 14.0. The van der Waals surface area contributed by atoms with Crippen molar-refractivity contribution in [3.8, 4) is 22.3 Å². The summed E-state index contributed by atoms with van der Waals surface area (Å²) in [5, 5.41) is 15.4. The first-order valence-electron chi connectivity index (χ1n) is 18.4. The first kappa shape index (κ1) is 29.7. The molecule has 11 rings (SSSR count). The first-order valence-corrected chi connectivity index (χ1v) is 18.4. The molecule has 0 aliphatic rings. The van der Waals surface area contributed by atoms with Crippen molar-refractivity contribution in [2.45, 2.75) is 0 Å². The molecule has 53 heavy (non-hydrogen) atoms. The number of anilines is 3. The SMILES string of the molecule is c1ccc(-c2ccc(N(c3ccccc3-c3ccccc3)c3cc4cccc5c6cccc7ccc8cccc(c9cccc3c9c45)c8c76)cc2)cc1. The smallest absolute Gasteiger partial charge is 0.0546 e. The molecule has 1 nitrogen and oxygen atoms in total. The van der Waals surface area contributed by atoms with Crippen LogP contribution in [0.4, 0.5) is 17.1 Å². The normalized spacial score (nSPS) is 11.8. The molecule has 0 unspecified atom stereocenters. The van der Waals surface area contributed by atoms with Gasteiger partial charge in [0.15, 0.2) is 0 Å². The van der Waals surface area contributed by atoms with Crippen LogP contribution >= 0.6 is 0 Å². The van der Waals surface area contributed by atoms with E-state index in [2.05, 4.69) is 205 Å². The summed E-state index contributed by atoms with van der Waals surface area (Å²) in [6, 6.07) is 73.6. The molecule has 0 spiro atoms. The van der Waals surface area contributed by atoms with E-state index in [9.17, 15) is 0 Å². The van der Waals surface area contributed by atoms with Crippen molar-refractivity contribution in [1.29, 1.82) is 0 Å². The predicted molar refractivity (Wildman–Crippen MR) is 228 cm³/mol. The van der Waals surface area contributed by atoms with Gasteiger partial charge in [0.05, 0.1) is 11.4 Å². The van der Waals surface area contributed by atoms with Crippen molar-refractivity contribution in [2.75, 3.05) is 4.90 Å². The van der Waals surface area contributed by atoms with Gasteiger partial charge in [-0.25, -0.2) is 0 Å². The van der Waals surface area contributed by atoms with Gasteiger partial charge in [-0.05, 0) is 94.8 Å². The quantitative estimate of drug-likeness (QED) is 0.165. The van der Waals surface area contributed by atoms with E-state index in [1.807, 2.05) is 0 Å². The zero-order chi connectivity index (χ0) is 34.9. The Morgan fingerprint density at radius 2 is 0.736 bits per heavy atom. The number of nitrogens with zero attached hydrogens (tertiary/aromatic N) is 1. The maximum absolute atomic E-state index is 2.48. The van der Waals surface area contributed by atoms with Gasteiger partial charge in [0.25, 0.3) is 0 Å². The molecule has 0 heterocycles. The highest BCUT2D eigenvalue weighted by atomic mass is 15.1. The number of hydrogen-bond acceptors (Lipinski definition) is 1. The van der Waals surface area contributed by atoms with Crippen molar-refractivity contribution in [1.82, 2.24) is 0 Å². The van der Waals surface area contributed by atoms with Crippen molar-refractivity contribution in [3.63, 3.8) is 0 Å². The Morgan fingerprint density at radius 3 is 1.38 bits per heavy atom. The van der Waals surface area contributed by atoms with Crippen LogP contribution in [0, 0.1) is 0 Å². The van der Waals surface area contributed by atoms with E-state index in [1.54, 1.807) is 0 Å². The Labute approximate surface area is 307 Å². The zero-order valence-corrected chi connectivity index (χ0v) is 29.0. The third-order valence-electron chi connectivity index (χ3n) is 11.1. The van der Waals surface area contributed by atoms with Gasteiger partial charge < -0.3 is 4.90 Å². The highest BCUT2D eigenvalue weighted by molar-refractivity contribution is 6.38. The summed E-state index contributed by atoms with van der Waals surface area (Å²) in [6.07, 6.45) is 0. The molecule has 0 bridgehead atoms. The van der Waals surface area contributed by atoms with Gasteiger partial charge in [0.1, 0.15) is 0 Å². The first-order chi connectivity index (χ1) is 26.3. The van der Waals surface area contributed by atoms with E-state index in [-0.39, 0.29) is 0 Å². The average molecular weight is 672 g/mol. The fraction of sp³-hybridized carbons (Fsp3) is 0. The number of fused-ring (bicyclic) bond motifs is 2. The summed E-state index contributed by atoms with van der Waals surface area (Å²) in [5.41, 5.74) is 8.18. The number of benzene rings is 10. The Kier molecular flexibility index (Phi) is 6.62. The highest BCUT2D eigenvalue weighted by Gasteiger charge is 2.23. The lowest BCUT2D eigenvalue weighted by atomic mass is 9.87. The zero-order valence-electron chi connectivity index (χ0n) is 29.0. The van der Waals surface area contributed by atoms with Crippen LogP contribution in [0.5, 0.6) is 0 Å². The average Bonchev–Trinajstić information content (AvgIpc) is 3.23. The molecule has 1 heteroatoms. The molecule has 0 saturated carbocycles. The molecule has 11 aromatic rings. The maximum atomic E-state index is 2.48. The third-order valence-corrected chi connectivity index (χ3v) is 11.1. The Balaban J connectivity index is 1.30. The van der Waals surface area contributed by atoms with Gasteiger partial charge in [-0.1, -0.05) is 176 Å². The molecule has 0 N–H and O–H groups in total. The molecule has 0 amide bonds. The van der Waals surface area contributed by atoms with Crippen LogP contribution in [0.3, 0.4) is 0 Å². The summed E-state index contributed by atoms with van der Waals surface area (Å²) in [6.45, 7) is 0. The van der Waals surface area contributed by atoms with Crippen molar-refractivity contribution in [2.24, 2.45) is 0 Å². The van der Waals surface area contributed by atoms with Crippen LogP contribution in [0.2, 0.25) is 0 Å². The van der Waals surface area contributed by atoms with Gasteiger partial charge in [0.2, 0.25) is 0 Å². The Hall–Kier alpha value is -6.96. The minimum atomic E-state index is 1.11. The number of rotatable bonds is 5. The molecule has 0 radical (unpaired) electrons. The highest BCUT2D eigenvalue weighted by Crippen LogP contribution is 2.49. The summed E-state index contributed by atoms with van der Waals surface area (Å²) in [5.74, 6) is 0. The topological polar surface area (TPSA) is 3.24 Å². The molecule has 0 fully saturated rings. The van der Waals surface area contributed by atoms with Crippen LogP contribution < -0.4 is 4.90 Å². The fourth-order valence-electron chi connectivity index (χ4n) is 8.84. The molecule has 0 atom stereocenters. The molecule has 246 valence electrons. The standard InChI is InChI=1S/C52H33N/c1-3-13-34(14-4-1)35-29-31-40(32-30-35)53(47-26-8-7-20-41(47)36-15-5-2-6-16-36)48-33-39-19-11-23-43-42-21-9-17-37-27-28-38-18-10-22-44(50(38)49(37)42)45-24-12-25-46(48)52(45)51(39)43/h1-33H. The van der Waals surface area contributed by atoms with Crippen LogP contribution in [0.25, 0.3) is 86.9 Å². The molecule has 0 aliphatic carbocycles. The second kappa shape index (κ2) is 11.8. The van der Waals surface area contributed by atoms with Crippen LogP contribution in [-0.4, -0.2) is 0 Å². The van der Waals surface area contributed by atoms with Gasteiger partial charge in [-0.15, -0.1) is 0 Å². The molecule has 11 aromatic carbocycles. The number of hydrogen-bond donors (Lipinski definition) is 0. The summed E-state index contributed by atoms with van der Waals surface area (Å²) >= 11 is 0. The van der Waals surface area contributed by atoms with E-state index in [0.717, 1.165) is 17.1 Å². The lowest BCUT2D eigenvalue weighted by molar-refractivity contribution is 1.30. The molecule has 0 saturated heterocycles. The van der Waals surface area contributed by atoms with E-state index in [0.29, 0.717) is 0 Å².